The molecule has 0 fully saturated rings. The standard InChI is InChI=1S/C14H19NO3S3/c1-15(2)10-8-6-7-20-14(16)9(8)13(21(5)19)12(18-4)11(10)17-3/h6-7H2,1-5H3. The van der Waals surface area contributed by atoms with Gasteiger partial charge in [-0.2, -0.15) is 0 Å². The van der Waals surface area contributed by atoms with Crippen LogP contribution in [0.3, 0.4) is 0 Å². The molecule has 21 heavy (non-hydrogen) atoms. The molecule has 0 amide bonds. The molecule has 4 nitrogen and oxygen atoms in total. The summed E-state index contributed by atoms with van der Waals surface area (Å²) in [6.07, 6.45) is 2.76. The molecule has 0 N–H and O–H groups in total. The van der Waals surface area contributed by atoms with Crippen molar-refractivity contribution < 1.29 is 14.3 Å². The molecule has 0 bridgehead atoms. The lowest BCUT2D eigenvalue weighted by Gasteiger charge is -2.29. The van der Waals surface area contributed by atoms with Gasteiger partial charge in [0, 0.05) is 19.8 Å². The summed E-state index contributed by atoms with van der Waals surface area (Å²) >= 11 is 6.82. The molecule has 1 aliphatic rings. The molecule has 0 aromatic heterocycles. The van der Waals surface area contributed by atoms with Crippen LogP contribution in [0, 0.1) is 0 Å². The van der Waals surface area contributed by atoms with E-state index in [9.17, 15) is 4.79 Å². The van der Waals surface area contributed by atoms with Gasteiger partial charge in [-0.05, 0) is 29.4 Å². The van der Waals surface area contributed by atoms with Crippen molar-refractivity contribution in [2.45, 2.75) is 11.3 Å². The third-order valence-corrected chi connectivity index (χ3v) is 5.71. The number of ether oxygens (including phenoxy) is 2. The van der Waals surface area contributed by atoms with Crippen LogP contribution >= 0.6 is 11.8 Å². The number of thioether (sulfide) groups is 1. The van der Waals surface area contributed by atoms with Crippen LogP contribution in [0.1, 0.15) is 15.9 Å². The van der Waals surface area contributed by atoms with Crippen molar-refractivity contribution >= 4 is 43.2 Å². The number of rotatable bonds is 4. The smallest absolute Gasteiger partial charge is 0.221 e. The van der Waals surface area contributed by atoms with E-state index in [-0.39, 0.29) is 5.12 Å². The molecule has 0 radical (unpaired) electrons. The first-order valence-electron chi connectivity index (χ1n) is 6.42. The van der Waals surface area contributed by atoms with Crippen molar-refractivity contribution in [1.82, 2.24) is 0 Å². The lowest BCUT2D eigenvalue weighted by Crippen LogP contribution is -2.21. The minimum Gasteiger partial charge on any atom is -0.492 e. The Bertz CT molecular complexity index is 614. The third kappa shape index (κ3) is 2.78. The first-order valence-corrected chi connectivity index (χ1v) is 9.97. The van der Waals surface area contributed by atoms with E-state index in [1.54, 1.807) is 14.2 Å². The SMILES string of the molecule is COc1c(OC)c(S(C)=S)c2c(c1N(C)C)CCSC2=O. The van der Waals surface area contributed by atoms with Crippen LogP contribution in [0.2, 0.25) is 0 Å². The number of hydrogen-bond acceptors (Lipinski definition) is 6. The topological polar surface area (TPSA) is 38.8 Å². The fraction of sp³-hybridized carbons (Fsp3) is 0.500. The van der Waals surface area contributed by atoms with Gasteiger partial charge in [0.05, 0.1) is 30.4 Å². The van der Waals surface area contributed by atoms with Gasteiger partial charge in [0.15, 0.2) is 11.5 Å². The van der Waals surface area contributed by atoms with E-state index in [4.69, 9.17) is 20.7 Å². The molecule has 0 spiro atoms. The van der Waals surface area contributed by atoms with Crippen LogP contribution in [0.5, 0.6) is 11.5 Å². The normalized spacial score (nSPS) is 15.4. The van der Waals surface area contributed by atoms with E-state index in [1.807, 2.05) is 25.3 Å². The summed E-state index contributed by atoms with van der Waals surface area (Å²) in [4.78, 5) is 15.2. The van der Waals surface area contributed by atoms with E-state index in [1.165, 1.54) is 11.8 Å². The Labute approximate surface area is 136 Å². The molecule has 0 saturated heterocycles. The van der Waals surface area contributed by atoms with Gasteiger partial charge < -0.3 is 14.4 Å². The molecule has 0 aliphatic carbocycles. The molecule has 116 valence electrons. The zero-order chi connectivity index (χ0) is 15.7. The molecule has 1 atom stereocenters. The Hall–Kier alpha value is -0.790. The van der Waals surface area contributed by atoms with Gasteiger partial charge in [0.1, 0.15) is 0 Å². The van der Waals surface area contributed by atoms with Crippen LogP contribution in [-0.4, -0.2) is 45.4 Å². The van der Waals surface area contributed by atoms with Crippen LogP contribution in [0.25, 0.3) is 0 Å². The zero-order valence-corrected chi connectivity index (χ0v) is 15.3. The largest absolute Gasteiger partial charge is 0.492 e. The van der Waals surface area contributed by atoms with Gasteiger partial charge in [0.25, 0.3) is 0 Å². The molecule has 7 heteroatoms. The Balaban J connectivity index is 2.96. The highest BCUT2D eigenvalue weighted by Crippen LogP contribution is 2.49. The first kappa shape index (κ1) is 16.6. The highest BCUT2D eigenvalue weighted by Gasteiger charge is 2.32. The van der Waals surface area contributed by atoms with E-state index in [2.05, 4.69) is 0 Å². The van der Waals surface area contributed by atoms with E-state index in [0.29, 0.717) is 11.5 Å². The van der Waals surface area contributed by atoms with E-state index < -0.39 is 9.45 Å². The monoisotopic (exact) mass is 345 g/mol. The minimum atomic E-state index is -0.508. The van der Waals surface area contributed by atoms with Gasteiger partial charge in [-0.1, -0.05) is 21.2 Å². The summed E-state index contributed by atoms with van der Waals surface area (Å²) < 4.78 is 11.2. The van der Waals surface area contributed by atoms with Gasteiger partial charge in [-0.3, -0.25) is 4.79 Å². The quantitative estimate of drug-likeness (QED) is 0.834. The van der Waals surface area contributed by atoms with Crippen molar-refractivity contribution in [3.8, 4) is 11.5 Å². The fourth-order valence-corrected chi connectivity index (χ4v) is 4.96. The highest BCUT2D eigenvalue weighted by atomic mass is 32.8. The minimum absolute atomic E-state index is 0.0829. The first-order chi connectivity index (χ1) is 9.93. The average Bonchev–Trinajstić information content (AvgIpc) is 2.44. The second-order valence-corrected chi connectivity index (χ2v) is 8.72. The maximum absolute atomic E-state index is 12.5. The maximum Gasteiger partial charge on any atom is 0.221 e. The van der Waals surface area contributed by atoms with E-state index >= 15 is 0 Å². The fourth-order valence-electron chi connectivity index (χ4n) is 2.62. The van der Waals surface area contributed by atoms with Crippen molar-refractivity contribution in [2.75, 3.05) is 45.2 Å². The molecular formula is C14H19NO3S3. The Morgan fingerprint density at radius 1 is 1.24 bits per heavy atom. The van der Waals surface area contributed by atoms with Crippen molar-refractivity contribution in [2.24, 2.45) is 0 Å². The molecule has 0 saturated carbocycles. The van der Waals surface area contributed by atoms with Gasteiger partial charge in [-0.15, -0.1) is 0 Å². The molecule has 1 aliphatic heterocycles. The lowest BCUT2D eigenvalue weighted by atomic mass is 10.0. The lowest BCUT2D eigenvalue weighted by molar-refractivity contribution is 0.108. The Morgan fingerprint density at radius 2 is 1.86 bits per heavy atom. The number of hydrogen-bond donors (Lipinski definition) is 0. The highest BCUT2D eigenvalue weighted by molar-refractivity contribution is 8.28. The van der Waals surface area contributed by atoms with Gasteiger partial charge >= 0.3 is 0 Å². The number of fused-ring (bicyclic) bond motifs is 1. The second-order valence-electron chi connectivity index (χ2n) is 4.83. The van der Waals surface area contributed by atoms with Gasteiger partial charge in [0.2, 0.25) is 5.12 Å². The zero-order valence-electron chi connectivity index (χ0n) is 12.8. The molecule has 1 unspecified atom stereocenters. The average molecular weight is 346 g/mol. The molecule has 1 aromatic rings. The number of nitrogens with zero attached hydrogens (tertiary/aromatic N) is 1. The van der Waals surface area contributed by atoms with Crippen LogP contribution in [-0.2, 0) is 27.1 Å². The summed E-state index contributed by atoms with van der Waals surface area (Å²) in [5.41, 5.74) is 2.68. The number of carbonyl (C=O) groups is 1. The summed E-state index contributed by atoms with van der Waals surface area (Å²) in [6.45, 7) is 0. The number of carbonyl (C=O) groups excluding carboxylic acids is 1. The van der Waals surface area contributed by atoms with Crippen LogP contribution in [0.15, 0.2) is 4.90 Å². The van der Waals surface area contributed by atoms with Gasteiger partial charge in [-0.25, -0.2) is 0 Å². The van der Waals surface area contributed by atoms with Crippen molar-refractivity contribution in [3.05, 3.63) is 11.1 Å². The molecule has 1 aromatic carbocycles. The molecule has 2 rings (SSSR count). The Kier molecular flexibility index (Phi) is 5.16. The summed E-state index contributed by atoms with van der Waals surface area (Å²) in [5.74, 6) is 2.05. The maximum atomic E-state index is 12.5. The summed E-state index contributed by atoms with van der Waals surface area (Å²) in [7, 11) is 6.60. The predicted molar refractivity (Wildman–Crippen MR) is 93.3 cm³/mol. The summed E-state index contributed by atoms with van der Waals surface area (Å²) in [6, 6.07) is 0. The van der Waals surface area contributed by atoms with Crippen molar-refractivity contribution in [3.63, 3.8) is 0 Å². The third-order valence-electron chi connectivity index (χ3n) is 3.37. The second kappa shape index (κ2) is 6.54. The van der Waals surface area contributed by atoms with Crippen LogP contribution < -0.4 is 14.4 Å². The summed E-state index contributed by atoms with van der Waals surface area (Å²) in [5, 5.41) is 0.0829. The number of anilines is 1. The molecular weight excluding hydrogens is 326 g/mol. The molecule has 1 heterocycles. The van der Waals surface area contributed by atoms with Crippen molar-refractivity contribution in [1.29, 1.82) is 0 Å². The van der Waals surface area contributed by atoms with E-state index in [0.717, 1.165) is 33.9 Å². The number of methoxy groups -OCH3 is 2. The Morgan fingerprint density at radius 3 is 2.33 bits per heavy atom. The predicted octanol–water partition coefficient (Wildman–Crippen LogP) is 2.27. The van der Waals surface area contributed by atoms with Crippen LogP contribution in [0.4, 0.5) is 5.69 Å². The number of benzene rings is 1.